The lowest BCUT2D eigenvalue weighted by Gasteiger charge is -2.37. The highest BCUT2D eigenvalue weighted by molar-refractivity contribution is 6.30. The van der Waals surface area contributed by atoms with Gasteiger partial charge in [-0.2, -0.15) is 0 Å². The van der Waals surface area contributed by atoms with Crippen molar-refractivity contribution < 1.29 is 0 Å². The largest absolute Gasteiger partial charge is 0.314 e. The number of nitrogens with one attached hydrogen (secondary N) is 1. The van der Waals surface area contributed by atoms with E-state index in [1.807, 2.05) is 12.1 Å². The molecule has 118 valence electrons. The van der Waals surface area contributed by atoms with E-state index >= 15 is 0 Å². The Morgan fingerprint density at radius 3 is 2.81 bits per heavy atom. The lowest BCUT2D eigenvalue weighted by Crippen LogP contribution is -2.43. The fourth-order valence-corrected chi connectivity index (χ4v) is 3.70. The smallest absolute Gasteiger partial charge is 0.0409 e. The lowest BCUT2D eigenvalue weighted by molar-refractivity contribution is 0.162. The molecule has 1 fully saturated rings. The maximum atomic E-state index is 6.12. The fourth-order valence-electron chi connectivity index (χ4n) is 3.51. The minimum Gasteiger partial charge on any atom is -0.314 e. The SMILES string of the molecule is CCNC1CCCCC1CN(C)C(C)c1cccc(Cl)c1. The van der Waals surface area contributed by atoms with Gasteiger partial charge in [0.25, 0.3) is 0 Å². The van der Waals surface area contributed by atoms with E-state index in [0.29, 0.717) is 12.1 Å². The fraction of sp³-hybridized carbons (Fsp3) is 0.667. The first kappa shape index (κ1) is 16.8. The van der Waals surface area contributed by atoms with Gasteiger partial charge >= 0.3 is 0 Å². The topological polar surface area (TPSA) is 15.3 Å². The van der Waals surface area contributed by atoms with Crippen molar-refractivity contribution in [2.24, 2.45) is 5.92 Å². The Morgan fingerprint density at radius 1 is 1.33 bits per heavy atom. The third-order valence-electron chi connectivity index (χ3n) is 4.89. The molecule has 3 atom stereocenters. The molecule has 2 nitrogen and oxygen atoms in total. The summed E-state index contributed by atoms with van der Waals surface area (Å²) < 4.78 is 0. The second-order valence-corrected chi connectivity index (χ2v) is 6.82. The summed E-state index contributed by atoms with van der Waals surface area (Å²) in [5.74, 6) is 0.769. The van der Waals surface area contributed by atoms with E-state index < -0.39 is 0 Å². The van der Waals surface area contributed by atoms with E-state index in [-0.39, 0.29) is 0 Å². The van der Waals surface area contributed by atoms with Gasteiger partial charge in [-0.1, -0.05) is 43.5 Å². The van der Waals surface area contributed by atoms with Crippen molar-refractivity contribution in [1.82, 2.24) is 10.2 Å². The summed E-state index contributed by atoms with van der Waals surface area (Å²) in [6, 6.07) is 9.36. The molecule has 1 aliphatic rings. The maximum Gasteiger partial charge on any atom is 0.0409 e. The van der Waals surface area contributed by atoms with Gasteiger partial charge in [-0.25, -0.2) is 0 Å². The molecule has 1 aliphatic carbocycles. The van der Waals surface area contributed by atoms with Crippen molar-refractivity contribution in [3.05, 3.63) is 34.9 Å². The Kier molecular flexibility index (Phi) is 6.53. The molecule has 1 aromatic rings. The average molecular weight is 309 g/mol. The Labute approximate surface area is 134 Å². The summed E-state index contributed by atoms with van der Waals surface area (Å²) in [7, 11) is 2.24. The highest BCUT2D eigenvalue weighted by Gasteiger charge is 2.26. The van der Waals surface area contributed by atoms with E-state index in [9.17, 15) is 0 Å². The molecule has 0 bridgehead atoms. The molecule has 3 unspecified atom stereocenters. The van der Waals surface area contributed by atoms with E-state index in [4.69, 9.17) is 11.6 Å². The third kappa shape index (κ3) is 4.70. The van der Waals surface area contributed by atoms with Gasteiger partial charge in [0.1, 0.15) is 0 Å². The number of nitrogens with zero attached hydrogens (tertiary/aromatic N) is 1. The Bertz CT molecular complexity index is 433. The van der Waals surface area contributed by atoms with Crippen molar-refractivity contribution in [3.63, 3.8) is 0 Å². The first-order chi connectivity index (χ1) is 10.1. The summed E-state index contributed by atoms with van der Waals surface area (Å²) in [6.07, 6.45) is 5.44. The molecule has 0 aromatic heterocycles. The van der Waals surface area contributed by atoms with Crippen molar-refractivity contribution in [1.29, 1.82) is 0 Å². The van der Waals surface area contributed by atoms with Crippen LogP contribution in [0.25, 0.3) is 0 Å². The standard InChI is InChI=1S/C18H29ClN2/c1-4-20-18-11-6-5-8-16(18)13-21(3)14(2)15-9-7-10-17(19)12-15/h7,9-10,12,14,16,18,20H,4-6,8,11,13H2,1-3H3. The molecule has 21 heavy (non-hydrogen) atoms. The zero-order chi connectivity index (χ0) is 15.2. The molecule has 0 saturated heterocycles. The van der Waals surface area contributed by atoms with Crippen LogP contribution in [0.15, 0.2) is 24.3 Å². The number of benzene rings is 1. The Balaban J connectivity index is 1.97. The summed E-state index contributed by atoms with van der Waals surface area (Å²) in [5, 5.41) is 4.51. The molecule has 0 amide bonds. The van der Waals surface area contributed by atoms with Crippen LogP contribution >= 0.6 is 11.6 Å². The van der Waals surface area contributed by atoms with Crippen molar-refractivity contribution in [2.45, 2.75) is 51.6 Å². The van der Waals surface area contributed by atoms with E-state index in [1.165, 1.54) is 31.2 Å². The first-order valence-electron chi connectivity index (χ1n) is 8.31. The van der Waals surface area contributed by atoms with Crippen molar-refractivity contribution in [2.75, 3.05) is 20.1 Å². The summed E-state index contributed by atoms with van der Waals surface area (Å²) in [4.78, 5) is 2.48. The maximum absolute atomic E-state index is 6.12. The normalized spacial score (nSPS) is 24.2. The second-order valence-electron chi connectivity index (χ2n) is 6.38. The number of halogens is 1. The summed E-state index contributed by atoms with van der Waals surface area (Å²) in [6.45, 7) is 6.72. The molecule has 3 heteroatoms. The van der Waals surface area contributed by atoms with Crippen LogP contribution in [-0.4, -0.2) is 31.1 Å². The minimum atomic E-state index is 0.410. The predicted molar refractivity (Wildman–Crippen MR) is 91.9 cm³/mol. The van der Waals surface area contributed by atoms with Crippen LogP contribution in [0.5, 0.6) is 0 Å². The molecule has 0 heterocycles. The van der Waals surface area contributed by atoms with Gasteiger partial charge < -0.3 is 5.32 Å². The van der Waals surface area contributed by atoms with E-state index in [0.717, 1.165) is 24.0 Å². The van der Waals surface area contributed by atoms with Crippen LogP contribution in [0.3, 0.4) is 0 Å². The number of rotatable bonds is 6. The van der Waals surface area contributed by atoms with Gasteiger partial charge in [-0.05, 0) is 57.0 Å². The molecule has 2 rings (SSSR count). The monoisotopic (exact) mass is 308 g/mol. The van der Waals surface area contributed by atoms with Gasteiger partial charge in [0.05, 0.1) is 0 Å². The van der Waals surface area contributed by atoms with Crippen LogP contribution in [0, 0.1) is 5.92 Å². The highest BCUT2D eigenvalue weighted by Crippen LogP contribution is 2.28. The Morgan fingerprint density at radius 2 is 2.10 bits per heavy atom. The number of hydrogen-bond acceptors (Lipinski definition) is 2. The van der Waals surface area contributed by atoms with Gasteiger partial charge in [-0.15, -0.1) is 0 Å². The zero-order valence-electron chi connectivity index (χ0n) is 13.6. The van der Waals surface area contributed by atoms with E-state index in [1.54, 1.807) is 0 Å². The molecule has 1 saturated carbocycles. The summed E-state index contributed by atoms with van der Waals surface area (Å²) >= 11 is 6.12. The molecule has 0 aliphatic heterocycles. The highest BCUT2D eigenvalue weighted by atomic mass is 35.5. The molecule has 0 radical (unpaired) electrons. The van der Waals surface area contributed by atoms with Gasteiger partial charge in [0, 0.05) is 23.7 Å². The van der Waals surface area contributed by atoms with Crippen molar-refractivity contribution >= 4 is 11.6 Å². The average Bonchev–Trinajstić information content (AvgIpc) is 2.48. The van der Waals surface area contributed by atoms with Gasteiger partial charge in [0.15, 0.2) is 0 Å². The zero-order valence-corrected chi connectivity index (χ0v) is 14.4. The Hall–Kier alpha value is -0.570. The molecule has 1 aromatic carbocycles. The van der Waals surface area contributed by atoms with Crippen LogP contribution in [0.2, 0.25) is 5.02 Å². The second kappa shape index (κ2) is 8.17. The van der Waals surface area contributed by atoms with Crippen LogP contribution in [0.4, 0.5) is 0 Å². The van der Waals surface area contributed by atoms with E-state index in [2.05, 4.69) is 43.2 Å². The quantitative estimate of drug-likeness (QED) is 0.832. The predicted octanol–water partition coefficient (Wildman–Crippen LogP) is 4.50. The van der Waals surface area contributed by atoms with Gasteiger partial charge in [-0.3, -0.25) is 4.90 Å². The first-order valence-corrected chi connectivity index (χ1v) is 8.68. The molecule has 0 spiro atoms. The third-order valence-corrected chi connectivity index (χ3v) is 5.13. The number of hydrogen-bond donors (Lipinski definition) is 1. The van der Waals surface area contributed by atoms with Crippen LogP contribution < -0.4 is 5.32 Å². The summed E-state index contributed by atoms with van der Waals surface area (Å²) in [5.41, 5.74) is 1.31. The van der Waals surface area contributed by atoms with Crippen molar-refractivity contribution in [3.8, 4) is 0 Å². The molecule has 1 N–H and O–H groups in total. The van der Waals surface area contributed by atoms with Gasteiger partial charge in [0.2, 0.25) is 0 Å². The van der Waals surface area contributed by atoms with Crippen LogP contribution in [-0.2, 0) is 0 Å². The van der Waals surface area contributed by atoms with Crippen LogP contribution in [0.1, 0.15) is 51.1 Å². The minimum absolute atomic E-state index is 0.410. The lowest BCUT2D eigenvalue weighted by atomic mass is 9.84. The molecular formula is C18H29ClN2. The molecular weight excluding hydrogens is 280 g/mol.